The molecule has 0 saturated heterocycles. The maximum absolute atomic E-state index is 11.0. The van der Waals surface area contributed by atoms with E-state index in [1.807, 2.05) is 6.92 Å². The number of aliphatic hydroxyl groups is 1. The minimum atomic E-state index is -0.145. The fraction of sp³-hybridized carbons (Fsp3) is 0.875. The van der Waals surface area contributed by atoms with Crippen LogP contribution in [0.15, 0.2) is 0 Å². The minimum absolute atomic E-state index is 0.000927. The van der Waals surface area contributed by atoms with Crippen LogP contribution in [0.4, 0.5) is 0 Å². The molecule has 0 bridgehead atoms. The molecule has 4 heteroatoms. The summed E-state index contributed by atoms with van der Waals surface area (Å²) in [6.45, 7) is 2.81. The lowest BCUT2D eigenvalue weighted by atomic mass is 10.2. The van der Waals surface area contributed by atoms with Crippen molar-refractivity contribution in [2.24, 2.45) is 0 Å². The van der Waals surface area contributed by atoms with Crippen molar-refractivity contribution in [1.29, 1.82) is 0 Å². The molecule has 4 nitrogen and oxygen atoms in total. The molecule has 0 radical (unpaired) electrons. The van der Waals surface area contributed by atoms with Gasteiger partial charge in [0.2, 0.25) is 5.91 Å². The van der Waals surface area contributed by atoms with Crippen molar-refractivity contribution in [3.63, 3.8) is 0 Å². The highest BCUT2D eigenvalue weighted by molar-refractivity contribution is 5.80. The van der Waals surface area contributed by atoms with Crippen molar-refractivity contribution in [1.82, 2.24) is 10.6 Å². The predicted octanol–water partition coefficient (Wildman–Crippen LogP) is -0.517. The topological polar surface area (TPSA) is 61.4 Å². The molecule has 1 atom stereocenters. The fourth-order valence-electron chi connectivity index (χ4n) is 0.865. The number of hydrogen-bond donors (Lipinski definition) is 3. The van der Waals surface area contributed by atoms with Crippen LogP contribution >= 0.6 is 0 Å². The smallest absolute Gasteiger partial charge is 0.236 e. The van der Waals surface area contributed by atoms with Gasteiger partial charge in [0.1, 0.15) is 0 Å². The van der Waals surface area contributed by atoms with Crippen LogP contribution in [0.2, 0.25) is 0 Å². The van der Waals surface area contributed by atoms with E-state index >= 15 is 0 Å². The van der Waals surface area contributed by atoms with Crippen LogP contribution in [0, 0.1) is 0 Å². The fourth-order valence-corrected chi connectivity index (χ4v) is 0.865. The molecule has 12 heavy (non-hydrogen) atoms. The number of amides is 1. The third-order valence-corrected chi connectivity index (χ3v) is 1.68. The highest BCUT2D eigenvalue weighted by Gasteiger charge is 2.07. The second-order valence-electron chi connectivity index (χ2n) is 2.72. The monoisotopic (exact) mass is 174 g/mol. The van der Waals surface area contributed by atoms with Crippen LogP contribution in [0.5, 0.6) is 0 Å². The van der Waals surface area contributed by atoms with E-state index < -0.39 is 0 Å². The molecular formula is C8H18N2O2. The van der Waals surface area contributed by atoms with Gasteiger partial charge in [-0.15, -0.1) is 0 Å². The van der Waals surface area contributed by atoms with Crippen LogP contribution in [0.3, 0.4) is 0 Å². The van der Waals surface area contributed by atoms with E-state index in [-0.39, 0.29) is 18.6 Å². The van der Waals surface area contributed by atoms with Gasteiger partial charge in [-0.1, -0.05) is 0 Å². The Bertz CT molecular complexity index is 128. The first kappa shape index (κ1) is 11.4. The van der Waals surface area contributed by atoms with E-state index in [2.05, 4.69) is 10.6 Å². The van der Waals surface area contributed by atoms with Gasteiger partial charge in [-0.25, -0.2) is 0 Å². The Labute approximate surface area is 73.3 Å². The Balaban J connectivity index is 3.31. The van der Waals surface area contributed by atoms with Gasteiger partial charge in [-0.2, -0.15) is 0 Å². The summed E-state index contributed by atoms with van der Waals surface area (Å²) in [4.78, 5) is 11.0. The van der Waals surface area contributed by atoms with Crippen LogP contribution < -0.4 is 10.6 Å². The Morgan fingerprint density at radius 3 is 2.67 bits per heavy atom. The number of rotatable bonds is 6. The molecule has 0 saturated carbocycles. The van der Waals surface area contributed by atoms with E-state index in [0.717, 1.165) is 19.4 Å². The number of hydrogen-bond acceptors (Lipinski definition) is 3. The number of aliphatic hydroxyl groups excluding tert-OH is 1. The molecule has 3 N–H and O–H groups in total. The number of carbonyl (C=O) groups excluding carboxylic acids is 1. The van der Waals surface area contributed by atoms with E-state index in [1.165, 1.54) is 0 Å². The number of likely N-dealkylation sites (N-methyl/N-ethyl adjacent to an activating group) is 1. The Hall–Kier alpha value is -0.610. The summed E-state index contributed by atoms with van der Waals surface area (Å²) in [5.74, 6) is -0.000927. The van der Waals surface area contributed by atoms with Crippen molar-refractivity contribution in [3.05, 3.63) is 0 Å². The highest BCUT2D eigenvalue weighted by Crippen LogP contribution is 1.86. The summed E-state index contributed by atoms with van der Waals surface area (Å²) in [6, 6.07) is -0.145. The summed E-state index contributed by atoms with van der Waals surface area (Å²) in [5, 5.41) is 14.1. The third kappa shape index (κ3) is 5.09. The van der Waals surface area contributed by atoms with Gasteiger partial charge in [-0.3, -0.25) is 4.79 Å². The lowest BCUT2D eigenvalue weighted by Crippen LogP contribution is -2.40. The lowest BCUT2D eigenvalue weighted by molar-refractivity contribution is -0.122. The molecule has 0 heterocycles. The van der Waals surface area contributed by atoms with Crippen molar-refractivity contribution in [3.8, 4) is 0 Å². The van der Waals surface area contributed by atoms with Gasteiger partial charge >= 0.3 is 0 Å². The molecule has 0 aliphatic heterocycles. The Morgan fingerprint density at radius 1 is 1.50 bits per heavy atom. The highest BCUT2D eigenvalue weighted by atomic mass is 16.2. The van der Waals surface area contributed by atoms with Crippen LogP contribution in [-0.2, 0) is 4.79 Å². The average Bonchev–Trinajstić information content (AvgIpc) is 2.10. The van der Waals surface area contributed by atoms with Crippen LogP contribution in [-0.4, -0.2) is 37.3 Å². The largest absolute Gasteiger partial charge is 0.396 e. The first-order chi connectivity index (χ1) is 5.72. The summed E-state index contributed by atoms with van der Waals surface area (Å²) in [7, 11) is 1.62. The molecule has 72 valence electrons. The Morgan fingerprint density at radius 2 is 2.17 bits per heavy atom. The second-order valence-corrected chi connectivity index (χ2v) is 2.72. The SMILES string of the molecule is CNC(=O)C(C)NCCCCO. The maximum Gasteiger partial charge on any atom is 0.236 e. The predicted molar refractivity (Wildman–Crippen MR) is 47.9 cm³/mol. The van der Waals surface area contributed by atoms with Gasteiger partial charge in [0, 0.05) is 13.7 Å². The molecule has 1 unspecified atom stereocenters. The molecule has 1 amide bonds. The van der Waals surface area contributed by atoms with Gasteiger partial charge in [0.25, 0.3) is 0 Å². The molecule has 0 aliphatic rings. The van der Waals surface area contributed by atoms with Gasteiger partial charge in [0.05, 0.1) is 6.04 Å². The van der Waals surface area contributed by atoms with Crippen molar-refractivity contribution >= 4 is 5.91 Å². The first-order valence-corrected chi connectivity index (χ1v) is 4.28. The molecular weight excluding hydrogens is 156 g/mol. The Kier molecular flexibility index (Phi) is 6.70. The van der Waals surface area contributed by atoms with E-state index in [4.69, 9.17) is 5.11 Å². The van der Waals surface area contributed by atoms with Gasteiger partial charge in [0.15, 0.2) is 0 Å². The van der Waals surface area contributed by atoms with Gasteiger partial charge < -0.3 is 15.7 Å². The van der Waals surface area contributed by atoms with Crippen molar-refractivity contribution < 1.29 is 9.90 Å². The second kappa shape index (κ2) is 7.06. The van der Waals surface area contributed by atoms with E-state index in [9.17, 15) is 4.79 Å². The van der Waals surface area contributed by atoms with Gasteiger partial charge in [-0.05, 0) is 26.3 Å². The van der Waals surface area contributed by atoms with Crippen molar-refractivity contribution in [2.45, 2.75) is 25.8 Å². The first-order valence-electron chi connectivity index (χ1n) is 4.28. The number of unbranched alkanes of at least 4 members (excludes halogenated alkanes) is 1. The van der Waals surface area contributed by atoms with Crippen LogP contribution in [0.25, 0.3) is 0 Å². The average molecular weight is 174 g/mol. The normalized spacial score (nSPS) is 12.6. The summed E-state index contributed by atoms with van der Waals surface area (Å²) in [5.41, 5.74) is 0. The van der Waals surface area contributed by atoms with E-state index in [1.54, 1.807) is 7.05 Å². The maximum atomic E-state index is 11.0. The zero-order chi connectivity index (χ0) is 9.40. The zero-order valence-corrected chi connectivity index (χ0v) is 7.76. The molecule has 0 spiro atoms. The molecule has 0 rings (SSSR count). The molecule has 0 fully saturated rings. The molecule has 0 aliphatic carbocycles. The van der Waals surface area contributed by atoms with Crippen LogP contribution in [0.1, 0.15) is 19.8 Å². The molecule has 0 aromatic carbocycles. The summed E-state index contributed by atoms with van der Waals surface area (Å²) in [6.07, 6.45) is 1.69. The minimum Gasteiger partial charge on any atom is -0.396 e. The zero-order valence-electron chi connectivity index (χ0n) is 7.76. The molecule has 0 aromatic heterocycles. The third-order valence-electron chi connectivity index (χ3n) is 1.68. The number of nitrogens with one attached hydrogen (secondary N) is 2. The quantitative estimate of drug-likeness (QED) is 0.475. The molecule has 0 aromatic rings. The summed E-state index contributed by atoms with van der Waals surface area (Å²) < 4.78 is 0. The van der Waals surface area contributed by atoms with Crippen molar-refractivity contribution in [2.75, 3.05) is 20.2 Å². The lowest BCUT2D eigenvalue weighted by Gasteiger charge is -2.11. The van der Waals surface area contributed by atoms with E-state index in [0.29, 0.717) is 0 Å². The number of carbonyl (C=O) groups is 1. The standard InChI is InChI=1S/C8H18N2O2/c1-7(8(12)9-2)10-5-3-4-6-11/h7,10-11H,3-6H2,1-2H3,(H,9,12). The summed E-state index contributed by atoms with van der Waals surface area (Å²) >= 11 is 0.